The Morgan fingerprint density at radius 1 is 1.30 bits per heavy atom. The van der Waals surface area contributed by atoms with Gasteiger partial charge in [-0.25, -0.2) is 0 Å². The number of carbonyl (C=O) groups is 1. The molecule has 0 aliphatic carbocycles. The van der Waals surface area contributed by atoms with E-state index in [1.165, 1.54) is 0 Å². The molecule has 5 heteroatoms. The van der Waals surface area contributed by atoms with E-state index in [-0.39, 0.29) is 12.4 Å². The van der Waals surface area contributed by atoms with Crippen molar-refractivity contribution in [2.75, 3.05) is 26.4 Å². The third kappa shape index (κ3) is 5.23. The van der Waals surface area contributed by atoms with Crippen molar-refractivity contribution in [2.24, 2.45) is 0 Å². The van der Waals surface area contributed by atoms with Gasteiger partial charge in [0.25, 0.3) is 0 Å². The number of benzene rings is 1. The van der Waals surface area contributed by atoms with Gasteiger partial charge in [-0.2, -0.15) is 0 Å². The van der Waals surface area contributed by atoms with Crippen molar-refractivity contribution >= 4 is 21.7 Å². The number of halogens is 1. The molecular weight excluding hydrogens is 324 g/mol. The van der Waals surface area contributed by atoms with Crippen LogP contribution >= 0.6 is 15.9 Å². The lowest BCUT2D eigenvalue weighted by atomic mass is 9.97. The molecule has 0 heterocycles. The van der Waals surface area contributed by atoms with Gasteiger partial charge in [-0.3, -0.25) is 4.79 Å². The summed E-state index contributed by atoms with van der Waals surface area (Å²) in [7, 11) is 0. The Balaban J connectivity index is 2.62. The molecule has 0 bridgehead atoms. The van der Waals surface area contributed by atoms with E-state index < -0.39 is 4.32 Å². The molecule has 20 heavy (non-hydrogen) atoms. The number of hydrogen-bond donors (Lipinski definition) is 1. The third-order valence-corrected chi connectivity index (χ3v) is 3.07. The van der Waals surface area contributed by atoms with Crippen LogP contribution in [0.2, 0.25) is 0 Å². The van der Waals surface area contributed by atoms with Gasteiger partial charge in [-0.1, -0.05) is 15.9 Å². The number of aliphatic hydroxyl groups is 1. The molecule has 0 fully saturated rings. The largest absolute Gasteiger partial charge is 0.491 e. The highest BCUT2D eigenvalue weighted by molar-refractivity contribution is 9.10. The van der Waals surface area contributed by atoms with E-state index in [2.05, 4.69) is 15.9 Å². The highest BCUT2D eigenvalue weighted by Crippen LogP contribution is 2.26. The molecule has 0 spiro atoms. The Labute approximate surface area is 128 Å². The summed E-state index contributed by atoms with van der Waals surface area (Å²) in [5.41, 5.74) is 1.58. The van der Waals surface area contributed by atoms with E-state index in [1.54, 1.807) is 12.1 Å². The summed E-state index contributed by atoms with van der Waals surface area (Å²) in [5.74, 6) is 0.756. The lowest BCUT2D eigenvalue weighted by Gasteiger charge is -2.17. The fourth-order valence-electron chi connectivity index (χ4n) is 1.69. The number of ketones is 1. The molecule has 4 nitrogen and oxygen atoms in total. The van der Waals surface area contributed by atoms with Crippen molar-refractivity contribution in [1.29, 1.82) is 0 Å². The minimum Gasteiger partial charge on any atom is -0.491 e. The standard InChI is InChI=1S/C15H21BrO4/c1-11-10-12(20-9-8-19-7-6-17)4-5-13(11)14(18)15(2,3)16/h4-5,10,17H,6-9H2,1-3H3. The van der Waals surface area contributed by atoms with Crippen molar-refractivity contribution in [3.05, 3.63) is 29.3 Å². The zero-order valence-electron chi connectivity index (χ0n) is 12.1. The average Bonchev–Trinajstić information content (AvgIpc) is 2.37. The number of rotatable bonds is 8. The number of hydrogen-bond acceptors (Lipinski definition) is 4. The van der Waals surface area contributed by atoms with Gasteiger partial charge in [-0.05, 0) is 44.5 Å². The van der Waals surface area contributed by atoms with Crippen LogP contribution in [0.15, 0.2) is 18.2 Å². The van der Waals surface area contributed by atoms with Gasteiger partial charge in [-0.15, -0.1) is 0 Å². The van der Waals surface area contributed by atoms with Crippen molar-refractivity contribution in [3.63, 3.8) is 0 Å². The maximum atomic E-state index is 12.2. The van der Waals surface area contributed by atoms with Crippen LogP contribution < -0.4 is 4.74 Å². The molecule has 0 aliphatic heterocycles. The first kappa shape index (κ1) is 17.1. The smallest absolute Gasteiger partial charge is 0.179 e. The van der Waals surface area contributed by atoms with Crippen LogP contribution in [0.4, 0.5) is 0 Å². The van der Waals surface area contributed by atoms with Crippen molar-refractivity contribution in [3.8, 4) is 5.75 Å². The lowest BCUT2D eigenvalue weighted by Crippen LogP contribution is -2.24. The minimum absolute atomic E-state index is 0.0121. The normalized spacial score (nSPS) is 11.4. The zero-order chi connectivity index (χ0) is 15.2. The summed E-state index contributed by atoms with van der Waals surface area (Å²) >= 11 is 3.38. The molecule has 1 aromatic carbocycles. The van der Waals surface area contributed by atoms with E-state index >= 15 is 0 Å². The van der Waals surface area contributed by atoms with E-state index in [1.807, 2.05) is 26.8 Å². The fourth-order valence-corrected chi connectivity index (χ4v) is 1.90. The number of carbonyl (C=O) groups excluding carboxylic acids is 1. The van der Waals surface area contributed by atoms with E-state index in [0.717, 1.165) is 5.56 Å². The molecule has 1 N–H and O–H groups in total. The van der Waals surface area contributed by atoms with Crippen LogP contribution in [0.3, 0.4) is 0 Å². The second kappa shape index (κ2) is 7.76. The summed E-state index contributed by atoms with van der Waals surface area (Å²) in [6, 6.07) is 5.41. The summed E-state index contributed by atoms with van der Waals surface area (Å²) in [6.45, 7) is 6.72. The van der Waals surface area contributed by atoms with Crippen molar-refractivity contribution < 1.29 is 19.4 Å². The second-order valence-corrected chi connectivity index (χ2v) is 6.95. The second-order valence-electron chi connectivity index (χ2n) is 4.96. The first-order chi connectivity index (χ1) is 9.36. The quantitative estimate of drug-likeness (QED) is 0.447. The summed E-state index contributed by atoms with van der Waals surface area (Å²) in [6.07, 6.45) is 0. The number of Topliss-reactive ketones (excluding diaryl/α,β-unsaturated/α-hetero) is 1. The van der Waals surface area contributed by atoms with Crippen LogP contribution in [0, 0.1) is 6.92 Å². The molecule has 1 aromatic rings. The van der Waals surface area contributed by atoms with E-state index in [9.17, 15) is 4.79 Å². The van der Waals surface area contributed by atoms with Gasteiger partial charge in [0.2, 0.25) is 0 Å². The fraction of sp³-hybridized carbons (Fsp3) is 0.533. The third-order valence-electron chi connectivity index (χ3n) is 2.71. The SMILES string of the molecule is Cc1cc(OCCOCCO)ccc1C(=O)C(C)(C)Br. The number of aryl methyl sites for hydroxylation is 1. The predicted octanol–water partition coefficient (Wildman–Crippen LogP) is 2.74. The number of ether oxygens (including phenoxy) is 2. The molecule has 0 saturated heterocycles. The van der Waals surface area contributed by atoms with Crippen molar-refractivity contribution in [2.45, 2.75) is 25.1 Å². The van der Waals surface area contributed by atoms with Crippen LogP contribution in [-0.4, -0.2) is 41.6 Å². The highest BCUT2D eigenvalue weighted by Gasteiger charge is 2.26. The number of alkyl halides is 1. The maximum absolute atomic E-state index is 12.2. The molecule has 0 aromatic heterocycles. The van der Waals surface area contributed by atoms with Crippen LogP contribution in [0.1, 0.15) is 29.8 Å². The topological polar surface area (TPSA) is 55.8 Å². The minimum atomic E-state index is -0.571. The van der Waals surface area contributed by atoms with Gasteiger partial charge < -0.3 is 14.6 Å². The lowest BCUT2D eigenvalue weighted by molar-refractivity contribution is 0.0705. The van der Waals surface area contributed by atoms with E-state index in [4.69, 9.17) is 14.6 Å². The predicted molar refractivity (Wildman–Crippen MR) is 81.9 cm³/mol. The molecule has 112 valence electrons. The molecular formula is C15H21BrO4. The zero-order valence-corrected chi connectivity index (χ0v) is 13.7. The summed E-state index contributed by atoms with van der Waals surface area (Å²) in [4.78, 5) is 12.2. The van der Waals surface area contributed by atoms with Gasteiger partial charge in [0.15, 0.2) is 5.78 Å². The number of aliphatic hydroxyl groups excluding tert-OH is 1. The summed E-state index contributed by atoms with van der Waals surface area (Å²) in [5, 5.41) is 8.57. The van der Waals surface area contributed by atoms with Gasteiger partial charge >= 0.3 is 0 Å². The van der Waals surface area contributed by atoms with Crippen LogP contribution in [-0.2, 0) is 4.74 Å². The molecule has 0 unspecified atom stereocenters. The van der Waals surface area contributed by atoms with Crippen LogP contribution in [0.5, 0.6) is 5.75 Å². The Morgan fingerprint density at radius 3 is 2.55 bits per heavy atom. The first-order valence-corrected chi connectivity index (χ1v) is 7.31. The first-order valence-electron chi connectivity index (χ1n) is 6.52. The molecule has 0 radical (unpaired) electrons. The molecule has 0 amide bonds. The summed E-state index contributed by atoms with van der Waals surface area (Å²) < 4.78 is 10.1. The Morgan fingerprint density at radius 2 is 2.00 bits per heavy atom. The Bertz CT molecular complexity index is 452. The van der Waals surface area contributed by atoms with Gasteiger partial charge in [0, 0.05) is 5.56 Å². The molecule has 1 rings (SSSR count). The van der Waals surface area contributed by atoms with Crippen LogP contribution in [0.25, 0.3) is 0 Å². The van der Waals surface area contributed by atoms with E-state index in [0.29, 0.717) is 31.1 Å². The Hall–Kier alpha value is -0.910. The molecule has 0 saturated carbocycles. The Kier molecular flexibility index (Phi) is 6.65. The maximum Gasteiger partial charge on any atom is 0.179 e. The molecule has 0 atom stereocenters. The molecule has 0 aliphatic rings. The highest BCUT2D eigenvalue weighted by atomic mass is 79.9. The van der Waals surface area contributed by atoms with Gasteiger partial charge in [0.1, 0.15) is 12.4 Å². The van der Waals surface area contributed by atoms with Gasteiger partial charge in [0.05, 0.1) is 24.1 Å². The average molecular weight is 345 g/mol. The monoisotopic (exact) mass is 344 g/mol. The van der Waals surface area contributed by atoms with Crippen molar-refractivity contribution in [1.82, 2.24) is 0 Å².